The minimum atomic E-state index is -0.378. The zero-order valence-corrected chi connectivity index (χ0v) is 13.5. The number of aliphatic hydroxyl groups excluding tert-OH is 1. The van der Waals surface area contributed by atoms with E-state index >= 15 is 0 Å². The van der Waals surface area contributed by atoms with Gasteiger partial charge in [-0.15, -0.1) is 0 Å². The normalized spacial score (nSPS) is 19.3. The molecule has 3 nitrogen and oxygen atoms in total. The van der Waals surface area contributed by atoms with Crippen molar-refractivity contribution < 1.29 is 5.11 Å². The van der Waals surface area contributed by atoms with Crippen molar-refractivity contribution in [3.8, 4) is 0 Å². The zero-order valence-electron chi connectivity index (χ0n) is 13.5. The van der Waals surface area contributed by atoms with Crippen molar-refractivity contribution in [2.75, 3.05) is 39.8 Å². The summed E-state index contributed by atoms with van der Waals surface area (Å²) in [5, 5.41) is 10.7. The van der Waals surface area contributed by atoms with Gasteiger partial charge in [-0.05, 0) is 62.6 Å². The summed E-state index contributed by atoms with van der Waals surface area (Å²) in [4.78, 5) is 4.72. The molecule has 1 aromatic carbocycles. The summed E-state index contributed by atoms with van der Waals surface area (Å²) in [6.07, 6.45) is -0.378. The Labute approximate surface area is 123 Å². The number of aryl methyl sites for hydroxylation is 2. The average Bonchev–Trinajstić information content (AvgIpc) is 2.39. The van der Waals surface area contributed by atoms with E-state index in [1.807, 2.05) is 0 Å². The fourth-order valence-electron chi connectivity index (χ4n) is 3.11. The first kappa shape index (κ1) is 15.5. The van der Waals surface area contributed by atoms with Crippen LogP contribution in [-0.4, -0.2) is 54.7 Å². The number of aliphatic hydroxyl groups is 1. The third kappa shape index (κ3) is 3.22. The van der Waals surface area contributed by atoms with Crippen LogP contribution in [0.2, 0.25) is 0 Å². The first-order valence-corrected chi connectivity index (χ1v) is 7.56. The lowest BCUT2D eigenvalue weighted by Gasteiger charge is -2.34. The Bertz CT molecular complexity index is 450. The van der Waals surface area contributed by atoms with E-state index in [-0.39, 0.29) is 6.10 Å². The Morgan fingerprint density at radius 1 is 1.00 bits per heavy atom. The number of likely N-dealkylation sites (N-methyl/N-ethyl adjacent to an activating group) is 1. The summed E-state index contributed by atoms with van der Waals surface area (Å²) in [5.74, 6) is 0. The second-order valence-electron chi connectivity index (χ2n) is 6.29. The summed E-state index contributed by atoms with van der Waals surface area (Å²) in [6, 6.07) is 2.22. The monoisotopic (exact) mass is 276 g/mol. The summed E-state index contributed by atoms with van der Waals surface area (Å²) in [5.41, 5.74) is 6.19. The highest BCUT2D eigenvalue weighted by Gasteiger charge is 2.21. The van der Waals surface area contributed by atoms with Crippen molar-refractivity contribution in [2.45, 2.75) is 33.8 Å². The lowest BCUT2D eigenvalue weighted by atomic mass is 9.90. The first-order chi connectivity index (χ1) is 9.40. The fourth-order valence-corrected chi connectivity index (χ4v) is 3.11. The molecule has 1 N–H and O–H groups in total. The Kier molecular flexibility index (Phi) is 4.84. The van der Waals surface area contributed by atoms with Crippen LogP contribution >= 0.6 is 0 Å². The van der Waals surface area contributed by atoms with Gasteiger partial charge in [-0.3, -0.25) is 4.90 Å². The lowest BCUT2D eigenvalue weighted by molar-refractivity contribution is 0.0798. The Hall–Kier alpha value is -0.900. The molecule has 2 rings (SSSR count). The molecule has 1 aliphatic rings. The molecule has 0 amide bonds. The van der Waals surface area contributed by atoms with Gasteiger partial charge in [0.25, 0.3) is 0 Å². The predicted molar refractivity (Wildman–Crippen MR) is 84.3 cm³/mol. The van der Waals surface area contributed by atoms with Crippen LogP contribution in [0.3, 0.4) is 0 Å². The maximum Gasteiger partial charge on any atom is 0.0922 e. The van der Waals surface area contributed by atoms with Crippen molar-refractivity contribution in [1.82, 2.24) is 9.80 Å². The highest BCUT2D eigenvalue weighted by Crippen LogP contribution is 2.28. The van der Waals surface area contributed by atoms with Crippen molar-refractivity contribution >= 4 is 0 Å². The Balaban J connectivity index is 2.15. The number of hydrogen-bond donors (Lipinski definition) is 1. The molecule has 112 valence electrons. The average molecular weight is 276 g/mol. The number of nitrogens with zero attached hydrogens (tertiary/aromatic N) is 2. The van der Waals surface area contributed by atoms with Crippen molar-refractivity contribution in [3.63, 3.8) is 0 Å². The third-order valence-electron chi connectivity index (χ3n) is 4.78. The summed E-state index contributed by atoms with van der Waals surface area (Å²) in [6.45, 7) is 13.6. The van der Waals surface area contributed by atoms with E-state index in [0.717, 1.165) is 38.3 Å². The van der Waals surface area contributed by atoms with Crippen LogP contribution < -0.4 is 0 Å². The van der Waals surface area contributed by atoms with Gasteiger partial charge >= 0.3 is 0 Å². The first-order valence-electron chi connectivity index (χ1n) is 7.56. The van der Waals surface area contributed by atoms with Crippen LogP contribution in [-0.2, 0) is 0 Å². The molecule has 3 heteroatoms. The molecule has 0 aromatic heterocycles. The summed E-state index contributed by atoms with van der Waals surface area (Å²) < 4.78 is 0. The number of benzene rings is 1. The number of piperazine rings is 1. The van der Waals surface area contributed by atoms with E-state index in [0.29, 0.717) is 0 Å². The maximum absolute atomic E-state index is 10.7. The molecular formula is C17H28N2O. The molecular weight excluding hydrogens is 248 g/mol. The smallest absolute Gasteiger partial charge is 0.0922 e. The van der Waals surface area contributed by atoms with Crippen LogP contribution in [0, 0.1) is 27.7 Å². The van der Waals surface area contributed by atoms with Gasteiger partial charge in [-0.1, -0.05) is 6.07 Å². The third-order valence-corrected chi connectivity index (χ3v) is 4.78. The molecule has 0 bridgehead atoms. The van der Waals surface area contributed by atoms with Gasteiger partial charge in [0.2, 0.25) is 0 Å². The van der Waals surface area contributed by atoms with Crippen LogP contribution in [0.15, 0.2) is 6.07 Å². The zero-order chi connectivity index (χ0) is 14.9. The van der Waals surface area contributed by atoms with Crippen LogP contribution in [0.5, 0.6) is 0 Å². The highest BCUT2D eigenvalue weighted by atomic mass is 16.3. The van der Waals surface area contributed by atoms with E-state index in [2.05, 4.69) is 50.6 Å². The molecule has 0 aliphatic carbocycles. The van der Waals surface area contributed by atoms with Gasteiger partial charge in [-0.2, -0.15) is 0 Å². The number of rotatable bonds is 3. The predicted octanol–water partition coefficient (Wildman–Crippen LogP) is 2.20. The van der Waals surface area contributed by atoms with E-state index in [1.54, 1.807) is 0 Å². The molecule has 1 heterocycles. The molecule has 1 aromatic rings. The Morgan fingerprint density at radius 3 is 2.00 bits per heavy atom. The molecule has 1 fully saturated rings. The van der Waals surface area contributed by atoms with E-state index in [1.165, 1.54) is 22.3 Å². The summed E-state index contributed by atoms with van der Waals surface area (Å²) >= 11 is 0. The van der Waals surface area contributed by atoms with Gasteiger partial charge in [0, 0.05) is 32.7 Å². The fraction of sp³-hybridized carbons (Fsp3) is 0.647. The van der Waals surface area contributed by atoms with Gasteiger partial charge in [0.05, 0.1) is 6.10 Å². The van der Waals surface area contributed by atoms with Gasteiger partial charge in [-0.25, -0.2) is 0 Å². The number of hydrogen-bond acceptors (Lipinski definition) is 3. The molecule has 1 atom stereocenters. The highest BCUT2D eigenvalue weighted by molar-refractivity contribution is 5.45. The Morgan fingerprint density at radius 2 is 1.50 bits per heavy atom. The lowest BCUT2D eigenvalue weighted by Crippen LogP contribution is -2.45. The molecule has 20 heavy (non-hydrogen) atoms. The van der Waals surface area contributed by atoms with Crippen molar-refractivity contribution in [1.29, 1.82) is 0 Å². The van der Waals surface area contributed by atoms with Crippen molar-refractivity contribution in [2.24, 2.45) is 0 Å². The quantitative estimate of drug-likeness (QED) is 0.917. The standard InChI is InChI=1S/C17H28N2O/c1-12-10-13(2)15(4)17(14(12)3)16(20)11-19-8-6-18(5)7-9-19/h10,16,20H,6-9,11H2,1-5H3. The topological polar surface area (TPSA) is 26.7 Å². The maximum atomic E-state index is 10.7. The minimum absolute atomic E-state index is 0.378. The van der Waals surface area contributed by atoms with E-state index < -0.39 is 0 Å². The van der Waals surface area contributed by atoms with Gasteiger partial charge in [0.1, 0.15) is 0 Å². The van der Waals surface area contributed by atoms with Gasteiger partial charge < -0.3 is 10.0 Å². The molecule has 1 unspecified atom stereocenters. The van der Waals surface area contributed by atoms with E-state index in [9.17, 15) is 5.11 Å². The van der Waals surface area contributed by atoms with Crippen LogP contribution in [0.4, 0.5) is 0 Å². The summed E-state index contributed by atoms with van der Waals surface area (Å²) in [7, 11) is 2.16. The molecule has 0 saturated carbocycles. The molecule has 1 aliphatic heterocycles. The minimum Gasteiger partial charge on any atom is -0.387 e. The van der Waals surface area contributed by atoms with Crippen molar-refractivity contribution in [3.05, 3.63) is 33.9 Å². The largest absolute Gasteiger partial charge is 0.387 e. The molecule has 0 spiro atoms. The second kappa shape index (κ2) is 6.25. The van der Waals surface area contributed by atoms with Crippen LogP contribution in [0.1, 0.15) is 33.9 Å². The molecule has 1 saturated heterocycles. The van der Waals surface area contributed by atoms with Crippen LogP contribution in [0.25, 0.3) is 0 Å². The van der Waals surface area contributed by atoms with Gasteiger partial charge in [0.15, 0.2) is 0 Å². The molecule has 0 radical (unpaired) electrons. The SMILES string of the molecule is Cc1cc(C)c(C)c(C(O)CN2CCN(C)CC2)c1C. The number of β-amino-alcohol motifs (C(OH)–C–C–N with tert-alkyl or cyclic N) is 1. The second-order valence-corrected chi connectivity index (χ2v) is 6.29. The van der Waals surface area contributed by atoms with E-state index in [4.69, 9.17) is 0 Å².